The number of phenolic OH excluding ortho intramolecular Hbond substituents is 1. The molecule has 2 rings (SSSR count). The van der Waals surface area contributed by atoms with E-state index >= 15 is 0 Å². The third-order valence-corrected chi connectivity index (χ3v) is 4.14. The van der Waals surface area contributed by atoms with E-state index < -0.39 is 0 Å². The molecule has 0 amide bonds. The number of anilines is 1. The molecule has 0 unspecified atom stereocenters. The van der Waals surface area contributed by atoms with E-state index in [9.17, 15) is 5.11 Å². The van der Waals surface area contributed by atoms with Crippen molar-refractivity contribution >= 4 is 40.8 Å². The molecule has 0 heterocycles. The van der Waals surface area contributed by atoms with E-state index in [1.807, 2.05) is 12.1 Å². The predicted octanol–water partition coefficient (Wildman–Crippen LogP) is 5.30. The Labute approximate surface area is 140 Å². The lowest BCUT2D eigenvalue weighted by molar-refractivity contribution is 0.474. The van der Waals surface area contributed by atoms with Crippen LogP contribution in [0.3, 0.4) is 0 Å². The van der Waals surface area contributed by atoms with E-state index in [0.29, 0.717) is 21.3 Å². The standard InChI is InChI=1S/C17H18Cl2N2O/c1-3-21(4-2)14-7-5-12(17(22)10-14)11-20-13-6-8-15(18)16(19)9-13/h5-11,22H,3-4H2,1-2H3. The van der Waals surface area contributed by atoms with Crippen LogP contribution in [0.2, 0.25) is 10.0 Å². The van der Waals surface area contributed by atoms with Crippen LogP contribution < -0.4 is 4.90 Å². The number of hydrogen-bond acceptors (Lipinski definition) is 3. The van der Waals surface area contributed by atoms with Crippen molar-refractivity contribution in [1.82, 2.24) is 0 Å². The minimum absolute atomic E-state index is 0.202. The number of aromatic hydroxyl groups is 1. The number of aliphatic imine (C=N–C) groups is 1. The highest BCUT2D eigenvalue weighted by Crippen LogP contribution is 2.27. The summed E-state index contributed by atoms with van der Waals surface area (Å²) in [5.41, 5.74) is 2.33. The molecule has 22 heavy (non-hydrogen) atoms. The molecule has 2 aromatic carbocycles. The van der Waals surface area contributed by atoms with Gasteiger partial charge in [0.1, 0.15) is 5.75 Å². The van der Waals surface area contributed by atoms with Crippen LogP contribution >= 0.6 is 23.2 Å². The molecule has 0 fully saturated rings. The van der Waals surface area contributed by atoms with E-state index in [-0.39, 0.29) is 5.75 Å². The number of benzene rings is 2. The number of halogens is 2. The van der Waals surface area contributed by atoms with Gasteiger partial charge >= 0.3 is 0 Å². The Bertz CT molecular complexity index is 682. The van der Waals surface area contributed by atoms with Crippen LogP contribution in [-0.2, 0) is 0 Å². The van der Waals surface area contributed by atoms with E-state index in [4.69, 9.17) is 23.2 Å². The zero-order valence-electron chi connectivity index (χ0n) is 12.6. The van der Waals surface area contributed by atoms with Gasteiger partial charge in [-0.05, 0) is 44.2 Å². The highest BCUT2D eigenvalue weighted by atomic mass is 35.5. The molecule has 0 bridgehead atoms. The van der Waals surface area contributed by atoms with E-state index in [1.54, 1.807) is 30.5 Å². The fourth-order valence-electron chi connectivity index (χ4n) is 2.14. The molecular weight excluding hydrogens is 319 g/mol. The SMILES string of the molecule is CCN(CC)c1ccc(C=Nc2ccc(Cl)c(Cl)c2)c(O)c1. The van der Waals surface area contributed by atoms with Crippen LogP contribution in [0.5, 0.6) is 5.75 Å². The predicted molar refractivity (Wildman–Crippen MR) is 95.4 cm³/mol. The van der Waals surface area contributed by atoms with Crippen LogP contribution in [0.15, 0.2) is 41.4 Å². The first-order chi connectivity index (χ1) is 10.5. The molecule has 116 valence electrons. The molecular formula is C17H18Cl2N2O. The van der Waals surface area contributed by atoms with Crippen LogP contribution in [0.1, 0.15) is 19.4 Å². The Balaban J connectivity index is 2.22. The lowest BCUT2D eigenvalue weighted by Gasteiger charge is -2.21. The van der Waals surface area contributed by atoms with E-state index in [2.05, 4.69) is 23.7 Å². The van der Waals surface area contributed by atoms with Crippen molar-refractivity contribution in [3.8, 4) is 5.75 Å². The van der Waals surface area contributed by atoms with Crippen molar-refractivity contribution in [3.63, 3.8) is 0 Å². The van der Waals surface area contributed by atoms with Crippen molar-refractivity contribution in [1.29, 1.82) is 0 Å². The maximum Gasteiger partial charge on any atom is 0.126 e. The fourth-order valence-corrected chi connectivity index (χ4v) is 2.43. The smallest absolute Gasteiger partial charge is 0.126 e. The number of nitrogens with zero attached hydrogens (tertiary/aromatic N) is 2. The largest absolute Gasteiger partial charge is 0.507 e. The Morgan fingerprint density at radius 1 is 1.05 bits per heavy atom. The average Bonchev–Trinajstić information content (AvgIpc) is 2.51. The monoisotopic (exact) mass is 336 g/mol. The molecule has 0 radical (unpaired) electrons. The van der Waals surface area contributed by atoms with Crippen LogP contribution in [-0.4, -0.2) is 24.4 Å². The van der Waals surface area contributed by atoms with Gasteiger partial charge in [0, 0.05) is 36.6 Å². The van der Waals surface area contributed by atoms with Crippen molar-refractivity contribution in [2.24, 2.45) is 4.99 Å². The summed E-state index contributed by atoms with van der Waals surface area (Å²) in [6.45, 7) is 5.96. The third kappa shape index (κ3) is 3.93. The summed E-state index contributed by atoms with van der Waals surface area (Å²) in [6.07, 6.45) is 1.61. The molecule has 0 atom stereocenters. The zero-order valence-corrected chi connectivity index (χ0v) is 14.1. The summed E-state index contributed by atoms with van der Waals surface area (Å²) in [6, 6.07) is 10.7. The van der Waals surface area contributed by atoms with Crippen LogP contribution in [0.4, 0.5) is 11.4 Å². The van der Waals surface area contributed by atoms with E-state index in [1.165, 1.54) is 0 Å². The van der Waals surface area contributed by atoms with Gasteiger partial charge in [-0.15, -0.1) is 0 Å². The second-order valence-corrected chi connectivity index (χ2v) is 5.59. The topological polar surface area (TPSA) is 35.8 Å². The van der Waals surface area contributed by atoms with Gasteiger partial charge in [-0.25, -0.2) is 0 Å². The van der Waals surface area contributed by atoms with E-state index in [0.717, 1.165) is 18.8 Å². The Hall–Kier alpha value is -1.71. The summed E-state index contributed by atoms with van der Waals surface area (Å²) >= 11 is 11.8. The second-order valence-electron chi connectivity index (χ2n) is 4.77. The zero-order chi connectivity index (χ0) is 16.1. The molecule has 0 aliphatic heterocycles. The highest BCUT2D eigenvalue weighted by molar-refractivity contribution is 6.42. The summed E-state index contributed by atoms with van der Waals surface area (Å²) < 4.78 is 0. The molecule has 0 aliphatic carbocycles. The van der Waals surface area contributed by atoms with Gasteiger partial charge in [0.05, 0.1) is 15.7 Å². The number of hydrogen-bond donors (Lipinski definition) is 1. The summed E-state index contributed by atoms with van der Waals surface area (Å²) in [5.74, 6) is 0.202. The third-order valence-electron chi connectivity index (χ3n) is 3.40. The van der Waals surface area contributed by atoms with Crippen LogP contribution in [0.25, 0.3) is 0 Å². The summed E-state index contributed by atoms with van der Waals surface area (Å²) in [5, 5.41) is 11.1. The lowest BCUT2D eigenvalue weighted by Crippen LogP contribution is -2.21. The second kappa shape index (κ2) is 7.52. The Morgan fingerprint density at radius 3 is 2.36 bits per heavy atom. The maximum absolute atomic E-state index is 10.1. The van der Waals surface area contributed by atoms with Gasteiger partial charge in [-0.2, -0.15) is 0 Å². The first kappa shape index (κ1) is 16.7. The molecule has 0 spiro atoms. The first-order valence-electron chi connectivity index (χ1n) is 7.12. The molecule has 5 heteroatoms. The maximum atomic E-state index is 10.1. The molecule has 0 aliphatic rings. The highest BCUT2D eigenvalue weighted by Gasteiger charge is 2.05. The molecule has 3 nitrogen and oxygen atoms in total. The van der Waals surface area contributed by atoms with Gasteiger partial charge in [-0.3, -0.25) is 4.99 Å². The minimum Gasteiger partial charge on any atom is -0.507 e. The quantitative estimate of drug-likeness (QED) is 0.752. The number of phenols is 1. The van der Waals surface area contributed by atoms with Gasteiger partial charge in [-0.1, -0.05) is 23.2 Å². The van der Waals surface area contributed by atoms with Crippen molar-refractivity contribution in [2.45, 2.75) is 13.8 Å². The molecule has 0 saturated heterocycles. The molecule has 0 aromatic heterocycles. The van der Waals surface area contributed by atoms with Crippen molar-refractivity contribution < 1.29 is 5.11 Å². The molecule has 0 saturated carbocycles. The van der Waals surface area contributed by atoms with Gasteiger partial charge in [0.2, 0.25) is 0 Å². The first-order valence-corrected chi connectivity index (χ1v) is 7.87. The normalized spacial score (nSPS) is 11.1. The van der Waals surface area contributed by atoms with Gasteiger partial charge < -0.3 is 10.0 Å². The average molecular weight is 337 g/mol. The van der Waals surface area contributed by atoms with Crippen molar-refractivity contribution in [3.05, 3.63) is 52.0 Å². The van der Waals surface area contributed by atoms with Crippen LogP contribution in [0, 0.1) is 0 Å². The Morgan fingerprint density at radius 2 is 1.77 bits per heavy atom. The van der Waals surface area contributed by atoms with Crippen molar-refractivity contribution in [2.75, 3.05) is 18.0 Å². The summed E-state index contributed by atoms with van der Waals surface area (Å²) in [4.78, 5) is 6.48. The van der Waals surface area contributed by atoms with Gasteiger partial charge in [0.25, 0.3) is 0 Å². The van der Waals surface area contributed by atoms with Gasteiger partial charge in [0.15, 0.2) is 0 Å². The number of rotatable bonds is 5. The lowest BCUT2D eigenvalue weighted by atomic mass is 10.2. The molecule has 1 N–H and O–H groups in total. The summed E-state index contributed by atoms with van der Waals surface area (Å²) in [7, 11) is 0. The minimum atomic E-state index is 0.202. The molecule has 2 aromatic rings. The fraction of sp³-hybridized carbons (Fsp3) is 0.235. The Kier molecular flexibility index (Phi) is 5.69.